The van der Waals surface area contributed by atoms with E-state index >= 15 is 0 Å². The summed E-state index contributed by atoms with van der Waals surface area (Å²) in [5, 5.41) is 3.42. The van der Waals surface area contributed by atoms with Crippen LogP contribution >= 0.6 is 0 Å². The summed E-state index contributed by atoms with van der Waals surface area (Å²) in [5.41, 5.74) is 1.45. The summed E-state index contributed by atoms with van der Waals surface area (Å²) in [4.78, 5) is 42.5. The number of ether oxygens (including phenoxy) is 1. The Morgan fingerprint density at radius 3 is 2.12 bits per heavy atom. The van der Waals surface area contributed by atoms with Crippen molar-refractivity contribution in [3.8, 4) is 0 Å². The van der Waals surface area contributed by atoms with E-state index in [9.17, 15) is 14.4 Å². The van der Waals surface area contributed by atoms with Crippen LogP contribution in [0.3, 0.4) is 0 Å². The summed E-state index contributed by atoms with van der Waals surface area (Å²) in [5.74, 6) is -3.04. The maximum atomic E-state index is 13.9. The molecule has 2 amide bonds. The van der Waals surface area contributed by atoms with Gasteiger partial charge in [-0.2, -0.15) is 0 Å². The van der Waals surface area contributed by atoms with Crippen molar-refractivity contribution in [1.82, 2.24) is 5.32 Å². The molecule has 3 aromatic rings. The zero-order chi connectivity index (χ0) is 23.2. The van der Waals surface area contributed by atoms with Gasteiger partial charge in [-0.25, -0.2) is 9.69 Å². The summed E-state index contributed by atoms with van der Waals surface area (Å²) in [6.07, 6.45) is 0. The van der Waals surface area contributed by atoms with Crippen molar-refractivity contribution in [2.24, 2.45) is 11.8 Å². The second-order valence-electron chi connectivity index (χ2n) is 8.50. The number of carbonyl (C=O) groups excluding carboxylic acids is 3. The fourth-order valence-electron chi connectivity index (χ4n) is 5.37. The SMILES string of the molecule is COC(=O)[C@]1(c2ccccc2)N[C@H](c2ccccc2C)[C@@H]2C(=O)N(c3ccccc3)C(=O)[C@@H]21. The quantitative estimate of drug-likeness (QED) is 0.496. The molecule has 2 aliphatic rings. The van der Waals surface area contributed by atoms with E-state index in [4.69, 9.17) is 4.74 Å². The number of carbonyl (C=O) groups is 3. The molecule has 0 unspecified atom stereocenters. The third-order valence-corrected chi connectivity index (χ3v) is 6.83. The minimum atomic E-state index is -1.50. The summed E-state index contributed by atoms with van der Waals surface area (Å²) >= 11 is 0. The van der Waals surface area contributed by atoms with Crippen LogP contribution in [-0.4, -0.2) is 24.9 Å². The monoisotopic (exact) mass is 440 g/mol. The molecule has 2 saturated heterocycles. The van der Waals surface area contributed by atoms with E-state index < -0.39 is 35.3 Å². The Bertz CT molecular complexity index is 1230. The summed E-state index contributed by atoms with van der Waals surface area (Å²) in [6, 6.07) is 25.1. The molecule has 0 bridgehead atoms. The number of nitrogens with zero attached hydrogens (tertiary/aromatic N) is 1. The minimum absolute atomic E-state index is 0.321. The first-order chi connectivity index (χ1) is 16.0. The Hall–Kier alpha value is -3.77. The minimum Gasteiger partial charge on any atom is -0.467 e. The first kappa shape index (κ1) is 21.1. The second kappa shape index (κ2) is 7.98. The molecule has 33 heavy (non-hydrogen) atoms. The number of benzene rings is 3. The van der Waals surface area contributed by atoms with Gasteiger partial charge < -0.3 is 4.74 Å². The van der Waals surface area contributed by atoms with E-state index in [1.54, 1.807) is 36.4 Å². The van der Waals surface area contributed by atoms with Gasteiger partial charge in [0.25, 0.3) is 0 Å². The zero-order valence-electron chi connectivity index (χ0n) is 18.4. The molecule has 0 aliphatic carbocycles. The van der Waals surface area contributed by atoms with E-state index in [-0.39, 0.29) is 5.91 Å². The number of fused-ring (bicyclic) bond motifs is 1. The van der Waals surface area contributed by atoms with Crippen LogP contribution in [0.1, 0.15) is 22.7 Å². The molecular formula is C27H24N2O4. The predicted molar refractivity (Wildman–Crippen MR) is 123 cm³/mol. The van der Waals surface area contributed by atoms with E-state index in [0.29, 0.717) is 11.3 Å². The number of aryl methyl sites for hydroxylation is 1. The van der Waals surface area contributed by atoms with Gasteiger partial charge in [-0.1, -0.05) is 72.8 Å². The molecule has 0 saturated carbocycles. The van der Waals surface area contributed by atoms with Crippen molar-refractivity contribution in [2.75, 3.05) is 12.0 Å². The highest BCUT2D eigenvalue weighted by atomic mass is 16.5. The van der Waals surface area contributed by atoms with Gasteiger partial charge in [0, 0.05) is 6.04 Å². The van der Waals surface area contributed by atoms with Gasteiger partial charge >= 0.3 is 5.97 Å². The van der Waals surface area contributed by atoms with Gasteiger partial charge in [-0.15, -0.1) is 0 Å². The summed E-state index contributed by atoms with van der Waals surface area (Å²) < 4.78 is 5.26. The van der Waals surface area contributed by atoms with Crippen LogP contribution in [-0.2, 0) is 24.7 Å². The lowest BCUT2D eigenvalue weighted by Gasteiger charge is -2.33. The number of imide groups is 1. The number of hydrogen-bond acceptors (Lipinski definition) is 5. The van der Waals surface area contributed by atoms with Crippen LogP contribution in [0.5, 0.6) is 0 Å². The van der Waals surface area contributed by atoms with Crippen molar-refractivity contribution in [3.63, 3.8) is 0 Å². The second-order valence-corrected chi connectivity index (χ2v) is 8.50. The number of para-hydroxylation sites is 1. The third-order valence-electron chi connectivity index (χ3n) is 6.83. The lowest BCUT2D eigenvalue weighted by atomic mass is 9.75. The molecule has 2 aliphatic heterocycles. The molecule has 6 heteroatoms. The fraction of sp³-hybridized carbons (Fsp3) is 0.222. The highest BCUT2D eigenvalue weighted by Crippen LogP contribution is 2.54. The van der Waals surface area contributed by atoms with Crippen molar-refractivity contribution < 1.29 is 19.1 Å². The molecule has 5 rings (SSSR count). The normalized spacial score (nSPS) is 26.4. The van der Waals surface area contributed by atoms with Gasteiger partial charge in [0.1, 0.15) is 0 Å². The lowest BCUT2D eigenvalue weighted by Crippen LogP contribution is -2.53. The smallest absolute Gasteiger partial charge is 0.331 e. The lowest BCUT2D eigenvalue weighted by molar-refractivity contribution is -0.152. The van der Waals surface area contributed by atoms with Gasteiger partial charge in [0.05, 0.1) is 24.6 Å². The van der Waals surface area contributed by atoms with Crippen LogP contribution in [0.15, 0.2) is 84.9 Å². The fourth-order valence-corrected chi connectivity index (χ4v) is 5.37. The first-order valence-corrected chi connectivity index (χ1v) is 10.9. The first-order valence-electron chi connectivity index (χ1n) is 10.9. The molecule has 0 spiro atoms. The molecule has 6 nitrogen and oxygen atoms in total. The molecule has 2 fully saturated rings. The summed E-state index contributed by atoms with van der Waals surface area (Å²) in [6.45, 7) is 1.96. The van der Waals surface area contributed by atoms with E-state index in [1.165, 1.54) is 12.0 Å². The molecule has 1 N–H and O–H groups in total. The van der Waals surface area contributed by atoms with Crippen molar-refractivity contribution in [2.45, 2.75) is 18.5 Å². The largest absolute Gasteiger partial charge is 0.467 e. The van der Waals surface area contributed by atoms with Crippen LogP contribution in [0, 0.1) is 18.8 Å². The predicted octanol–water partition coefficient (Wildman–Crippen LogP) is 3.51. The zero-order valence-corrected chi connectivity index (χ0v) is 18.4. The number of rotatable bonds is 4. The maximum Gasteiger partial charge on any atom is 0.331 e. The number of esters is 1. The van der Waals surface area contributed by atoms with Gasteiger partial charge in [-0.05, 0) is 35.7 Å². The molecule has 0 radical (unpaired) electrons. The number of anilines is 1. The van der Waals surface area contributed by atoms with E-state index in [1.807, 2.05) is 55.5 Å². The van der Waals surface area contributed by atoms with Crippen LogP contribution in [0.4, 0.5) is 5.69 Å². The number of nitrogens with one attached hydrogen (secondary N) is 1. The molecule has 4 atom stereocenters. The Kier molecular flexibility index (Phi) is 5.10. The van der Waals surface area contributed by atoms with Crippen LogP contribution < -0.4 is 10.2 Å². The Morgan fingerprint density at radius 1 is 0.879 bits per heavy atom. The number of methoxy groups -OCH3 is 1. The molecule has 166 valence electrons. The standard InChI is InChI=1S/C27H24N2O4/c1-17-11-9-10-16-20(17)23-21-22(25(31)29(24(21)30)19-14-7-4-8-15-19)27(28-23,26(32)33-2)18-12-5-3-6-13-18/h3-16,21-23,28H,1-2H3/t21-,22-,23-,27-/m1/s1. The van der Waals surface area contributed by atoms with E-state index in [0.717, 1.165) is 11.1 Å². The summed E-state index contributed by atoms with van der Waals surface area (Å²) in [7, 11) is 1.31. The van der Waals surface area contributed by atoms with Gasteiger partial charge in [-0.3, -0.25) is 14.9 Å². The number of hydrogen-bond donors (Lipinski definition) is 1. The topological polar surface area (TPSA) is 75.7 Å². The molecular weight excluding hydrogens is 416 g/mol. The Labute approximate surface area is 192 Å². The molecule has 2 heterocycles. The van der Waals surface area contributed by atoms with Crippen LogP contribution in [0.2, 0.25) is 0 Å². The Morgan fingerprint density at radius 2 is 1.48 bits per heavy atom. The average molecular weight is 440 g/mol. The van der Waals surface area contributed by atoms with Crippen molar-refractivity contribution in [3.05, 3.63) is 102 Å². The number of amides is 2. The maximum absolute atomic E-state index is 13.9. The van der Waals surface area contributed by atoms with Crippen molar-refractivity contribution in [1.29, 1.82) is 0 Å². The highest BCUT2D eigenvalue weighted by Gasteiger charge is 2.69. The molecule has 0 aromatic heterocycles. The average Bonchev–Trinajstić information content (AvgIpc) is 3.34. The Balaban J connectivity index is 1.75. The van der Waals surface area contributed by atoms with Crippen LogP contribution in [0.25, 0.3) is 0 Å². The highest BCUT2D eigenvalue weighted by molar-refractivity contribution is 6.24. The van der Waals surface area contributed by atoms with Gasteiger partial charge in [0.15, 0.2) is 5.54 Å². The third kappa shape index (κ3) is 3.02. The van der Waals surface area contributed by atoms with Crippen molar-refractivity contribution >= 4 is 23.5 Å². The molecule has 3 aromatic carbocycles. The van der Waals surface area contributed by atoms with E-state index in [2.05, 4.69) is 5.32 Å². The van der Waals surface area contributed by atoms with Gasteiger partial charge in [0.2, 0.25) is 11.8 Å².